The molecule has 0 aliphatic heterocycles. The van der Waals surface area contributed by atoms with Crippen LogP contribution in [0.4, 0.5) is 11.5 Å². The van der Waals surface area contributed by atoms with E-state index in [2.05, 4.69) is 20.8 Å². The molecule has 33 heavy (non-hydrogen) atoms. The SMILES string of the molecule is O=C(NNc1ncnc(Oc2ccccc2)c1[N+](=O)[O-])C(c1ccccc1)c1ccccc1. The molecular weight excluding hydrogens is 422 g/mol. The maximum Gasteiger partial charge on any atom is 0.374 e. The third-order valence-corrected chi connectivity index (χ3v) is 4.76. The summed E-state index contributed by atoms with van der Waals surface area (Å²) in [5.74, 6) is -1.12. The van der Waals surface area contributed by atoms with Crippen LogP contribution >= 0.6 is 0 Å². The second-order valence-electron chi connectivity index (χ2n) is 6.92. The fraction of sp³-hybridized carbons (Fsp3) is 0.0417. The normalized spacial score (nSPS) is 10.5. The Morgan fingerprint density at radius 2 is 1.39 bits per heavy atom. The molecule has 0 radical (unpaired) electrons. The molecule has 1 aromatic heterocycles. The van der Waals surface area contributed by atoms with E-state index in [1.807, 2.05) is 60.7 Å². The molecule has 0 fully saturated rings. The molecular formula is C24H19N5O4. The minimum Gasteiger partial charge on any atom is -0.434 e. The van der Waals surface area contributed by atoms with Gasteiger partial charge in [-0.05, 0) is 23.3 Å². The van der Waals surface area contributed by atoms with Gasteiger partial charge in [0.15, 0.2) is 0 Å². The van der Waals surface area contributed by atoms with Gasteiger partial charge < -0.3 is 4.74 Å². The van der Waals surface area contributed by atoms with Crippen molar-refractivity contribution in [1.29, 1.82) is 0 Å². The van der Waals surface area contributed by atoms with Gasteiger partial charge in [-0.25, -0.2) is 4.98 Å². The number of hydrogen-bond acceptors (Lipinski definition) is 7. The lowest BCUT2D eigenvalue weighted by molar-refractivity contribution is -0.385. The van der Waals surface area contributed by atoms with Gasteiger partial charge in [0, 0.05) is 0 Å². The van der Waals surface area contributed by atoms with Crippen LogP contribution in [0.5, 0.6) is 11.6 Å². The van der Waals surface area contributed by atoms with Gasteiger partial charge in [-0.2, -0.15) is 4.98 Å². The summed E-state index contributed by atoms with van der Waals surface area (Å²) in [5, 5.41) is 11.7. The van der Waals surface area contributed by atoms with Crippen molar-refractivity contribution in [3.63, 3.8) is 0 Å². The summed E-state index contributed by atoms with van der Waals surface area (Å²) in [4.78, 5) is 32.0. The summed E-state index contributed by atoms with van der Waals surface area (Å²) in [6.07, 6.45) is 1.12. The van der Waals surface area contributed by atoms with Gasteiger partial charge in [0.25, 0.3) is 0 Å². The van der Waals surface area contributed by atoms with Crippen LogP contribution in [-0.4, -0.2) is 20.8 Å². The van der Waals surface area contributed by atoms with Crippen LogP contribution in [-0.2, 0) is 4.79 Å². The van der Waals surface area contributed by atoms with E-state index in [0.717, 1.165) is 17.5 Å². The van der Waals surface area contributed by atoms with Gasteiger partial charge in [0.05, 0.1) is 10.8 Å². The number of rotatable bonds is 8. The zero-order valence-corrected chi connectivity index (χ0v) is 17.3. The number of nitrogens with zero attached hydrogens (tertiary/aromatic N) is 3. The fourth-order valence-corrected chi connectivity index (χ4v) is 3.27. The Morgan fingerprint density at radius 1 is 0.848 bits per heavy atom. The Kier molecular flexibility index (Phi) is 6.51. The molecule has 9 nitrogen and oxygen atoms in total. The summed E-state index contributed by atoms with van der Waals surface area (Å²) in [6, 6.07) is 27.0. The molecule has 2 N–H and O–H groups in total. The molecule has 1 amide bonds. The monoisotopic (exact) mass is 441 g/mol. The van der Waals surface area contributed by atoms with E-state index in [1.54, 1.807) is 30.3 Å². The van der Waals surface area contributed by atoms with Crippen LogP contribution in [0.3, 0.4) is 0 Å². The molecule has 0 aliphatic rings. The van der Waals surface area contributed by atoms with Gasteiger partial charge in [0.1, 0.15) is 12.1 Å². The Hall–Kier alpha value is -4.79. The van der Waals surface area contributed by atoms with Crippen LogP contribution < -0.4 is 15.6 Å². The van der Waals surface area contributed by atoms with Crippen LogP contribution in [0.2, 0.25) is 0 Å². The van der Waals surface area contributed by atoms with E-state index in [-0.39, 0.29) is 11.7 Å². The average Bonchev–Trinajstić information content (AvgIpc) is 2.85. The van der Waals surface area contributed by atoms with Crippen molar-refractivity contribution in [3.05, 3.63) is 119 Å². The van der Waals surface area contributed by atoms with Gasteiger partial charge in [0.2, 0.25) is 11.7 Å². The molecule has 4 aromatic rings. The molecule has 9 heteroatoms. The highest BCUT2D eigenvalue weighted by atomic mass is 16.6. The Balaban J connectivity index is 1.59. The number of amides is 1. The lowest BCUT2D eigenvalue weighted by atomic mass is 9.91. The highest BCUT2D eigenvalue weighted by Crippen LogP contribution is 2.33. The van der Waals surface area contributed by atoms with Crippen LogP contribution in [0.15, 0.2) is 97.3 Å². The number of benzene rings is 3. The number of carbonyl (C=O) groups is 1. The molecule has 164 valence electrons. The first kappa shape index (κ1) is 21.4. The summed E-state index contributed by atoms with van der Waals surface area (Å²) in [7, 11) is 0. The van der Waals surface area contributed by atoms with Crippen molar-refractivity contribution in [2.24, 2.45) is 0 Å². The molecule has 1 heterocycles. The quantitative estimate of drug-likeness (QED) is 0.306. The maximum atomic E-state index is 13.2. The van der Waals surface area contributed by atoms with Crippen LogP contribution in [0.25, 0.3) is 0 Å². The summed E-state index contributed by atoms with van der Waals surface area (Å²) >= 11 is 0. The molecule has 0 saturated carbocycles. The third kappa shape index (κ3) is 5.10. The van der Waals surface area contributed by atoms with Gasteiger partial charge in [-0.3, -0.25) is 25.8 Å². The molecule has 0 spiro atoms. The van der Waals surface area contributed by atoms with Crippen molar-refractivity contribution < 1.29 is 14.5 Å². The van der Waals surface area contributed by atoms with E-state index >= 15 is 0 Å². The van der Waals surface area contributed by atoms with Crippen LogP contribution in [0.1, 0.15) is 17.0 Å². The molecule has 0 saturated heterocycles. The summed E-state index contributed by atoms with van der Waals surface area (Å²) in [5.41, 5.74) is 6.15. The number of aromatic nitrogens is 2. The maximum absolute atomic E-state index is 13.2. The van der Waals surface area contributed by atoms with E-state index in [9.17, 15) is 14.9 Å². The lowest BCUT2D eigenvalue weighted by Gasteiger charge is -2.18. The minimum absolute atomic E-state index is 0.200. The van der Waals surface area contributed by atoms with Crippen molar-refractivity contribution in [2.45, 2.75) is 5.92 Å². The first-order chi connectivity index (χ1) is 16.1. The van der Waals surface area contributed by atoms with E-state index in [1.165, 1.54) is 0 Å². The number of hydrogen-bond donors (Lipinski definition) is 2. The summed E-state index contributed by atoms with van der Waals surface area (Å²) in [6.45, 7) is 0. The number of para-hydroxylation sites is 1. The molecule has 0 bridgehead atoms. The molecule has 0 unspecified atom stereocenters. The molecule has 3 aromatic carbocycles. The van der Waals surface area contributed by atoms with Gasteiger partial charge in [-0.1, -0.05) is 78.9 Å². The highest BCUT2D eigenvalue weighted by molar-refractivity contribution is 5.88. The van der Waals surface area contributed by atoms with Crippen molar-refractivity contribution in [1.82, 2.24) is 15.4 Å². The predicted molar refractivity (Wildman–Crippen MR) is 122 cm³/mol. The lowest BCUT2D eigenvalue weighted by Crippen LogP contribution is -2.35. The number of carbonyl (C=O) groups excluding carboxylic acids is 1. The minimum atomic E-state index is -0.668. The van der Waals surface area contributed by atoms with Crippen LogP contribution in [0, 0.1) is 10.1 Å². The second-order valence-corrected chi connectivity index (χ2v) is 6.92. The Morgan fingerprint density at radius 3 is 1.94 bits per heavy atom. The predicted octanol–water partition coefficient (Wildman–Crippen LogP) is 4.45. The average molecular weight is 441 g/mol. The zero-order valence-electron chi connectivity index (χ0n) is 17.3. The topological polar surface area (TPSA) is 119 Å². The number of ether oxygens (including phenoxy) is 1. The largest absolute Gasteiger partial charge is 0.434 e. The summed E-state index contributed by atoms with van der Waals surface area (Å²) < 4.78 is 5.56. The molecule has 0 atom stereocenters. The standard InChI is InChI=1S/C24H19N5O4/c30-23(20(17-10-4-1-5-11-17)18-12-6-2-7-13-18)28-27-22-21(29(31)32)24(26-16-25-22)33-19-14-8-3-9-15-19/h1-16,20H,(H,28,30)(H,25,26,27). The van der Waals surface area contributed by atoms with E-state index < -0.39 is 22.4 Å². The second kappa shape index (κ2) is 10.0. The number of nitro groups is 1. The molecule has 4 rings (SSSR count). The first-order valence-electron chi connectivity index (χ1n) is 10.0. The van der Waals surface area contributed by atoms with E-state index in [0.29, 0.717) is 5.75 Å². The van der Waals surface area contributed by atoms with Crippen molar-refractivity contribution >= 4 is 17.4 Å². The fourth-order valence-electron chi connectivity index (χ4n) is 3.27. The zero-order chi connectivity index (χ0) is 23.0. The Bertz CT molecular complexity index is 1200. The first-order valence-corrected chi connectivity index (χ1v) is 10.0. The van der Waals surface area contributed by atoms with E-state index in [4.69, 9.17) is 4.74 Å². The smallest absolute Gasteiger partial charge is 0.374 e. The van der Waals surface area contributed by atoms with Gasteiger partial charge in [-0.15, -0.1) is 0 Å². The number of nitrogens with one attached hydrogen (secondary N) is 2. The number of anilines is 1. The number of hydrazine groups is 1. The van der Waals surface area contributed by atoms with Gasteiger partial charge >= 0.3 is 11.6 Å². The van der Waals surface area contributed by atoms with Crippen molar-refractivity contribution in [2.75, 3.05) is 5.43 Å². The highest BCUT2D eigenvalue weighted by Gasteiger charge is 2.27. The van der Waals surface area contributed by atoms with Crippen molar-refractivity contribution in [3.8, 4) is 11.6 Å². The Labute approximate surface area is 189 Å². The molecule has 0 aliphatic carbocycles. The third-order valence-electron chi connectivity index (χ3n) is 4.76.